The molecule has 1 heterocycles. The molecular weight excluding hydrogens is 432 g/mol. The molecule has 1 fully saturated rings. The summed E-state index contributed by atoms with van der Waals surface area (Å²) >= 11 is 0. The number of hydrogen-bond acceptors (Lipinski definition) is 6. The van der Waals surface area contributed by atoms with E-state index >= 15 is 0 Å². The van der Waals surface area contributed by atoms with Crippen LogP contribution in [-0.4, -0.2) is 64.2 Å². The highest BCUT2D eigenvalue weighted by Crippen LogP contribution is 2.22. The smallest absolute Gasteiger partial charge is 0.260 e. The van der Waals surface area contributed by atoms with Crippen LogP contribution < -0.4 is 14.8 Å². The van der Waals surface area contributed by atoms with Crippen LogP contribution in [0.25, 0.3) is 0 Å². The molecule has 0 saturated carbocycles. The second-order valence-corrected chi connectivity index (χ2v) is 9.52. The number of hydrogen-bond donors (Lipinski definition) is 1. The third-order valence-corrected chi connectivity index (χ3v) is 7.24. The van der Waals surface area contributed by atoms with E-state index in [1.807, 2.05) is 32.0 Å². The number of nitrogens with zero attached hydrogens (tertiary/aromatic N) is 1. The number of aryl methyl sites for hydroxylation is 1. The minimum Gasteiger partial charge on any atom is -0.492 e. The Kier molecular flexibility index (Phi) is 8.11. The van der Waals surface area contributed by atoms with Crippen molar-refractivity contribution >= 4 is 15.9 Å². The summed E-state index contributed by atoms with van der Waals surface area (Å²) in [6.07, 6.45) is -0.639. The monoisotopic (exact) mass is 462 g/mol. The number of rotatable bonds is 9. The molecule has 0 bridgehead atoms. The third-order valence-electron chi connectivity index (χ3n) is 5.33. The molecule has 0 unspecified atom stereocenters. The summed E-state index contributed by atoms with van der Waals surface area (Å²) in [6, 6.07) is 12.0. The van der Waals surface area contributed by atoms with Crippen LogP contribution in [0.5, 0.6) is 11.5 Å². The average Bonchev–Trinajstić information content (AvgIpc) is 2.80. The Morgan fingerprint density at radius 2 is 1.81 bits per heavy atom. The molecule has 174 valence electrons. The standard InChI is InChI=1S/C23H30N2O6S/c1-17-5-4-6-22(18(17)2)31-19(3)23(26)24-11-14-30-20-7-9-21(10-8-20)32(27,28)25-12-15-29-16-13-25/h4-10,19H,11-16H2,1-3H3,(H,24,26)/t19-/m0/s1. The number of carbonyl (C=O) groups excluding carboxylic acids is 1. The van der Waals surface area contributed by atoms with Gasteiger partial charge in [0.1, 0.15) is 18.1 Å². The van der Waals surface area contributed by atoms with Crippen LogP contribution in [0, 0.1) is 13.8 Å². The third kappa shape index (κ3) is 5.99. The van der Waals surface area contributed by atoms with E-state index in [-0.39, 0.29) is 17.4 Å². The van der Waals surface area contributed by atoms with Gasteiger partial charge >= 0.3 is 0 Å². The fourth-order valence-corrected chi connectivity index (χ4v) is 4.63. The van der Waals surface area contributed by atoms with E-state index in [0.29, 0.717) is 44.3 Å². The van der Waals surface area contributed by atoms with E-state index in [9.17, 15) is 13.2 Å². The number of carbonyl (C=O) groups is 1. The van der Waals surface area contributed by atoms with Crippen LogP contribution in [0.3, 0.4) is 0 Å². The molecular formula is C23H30N2O6S. The highest BCUT2D eigenvalue weighted by atomic mass is 32.2. The summed E-state index contributed by atoms with van der Waals surface area (Å²) in [5, 5.41) is 2.78. The molecule has 3 rings (SSSR count). The number of benzene rings is 2. The lowest BCUT2D eigenvalue weighted by Gasteiger charge is -2.26. The van der Waals surface area contributed by atoms with Crippen LogP contribution in [0.15, 0.2) is 47.4 Å². The molecule has 0 spiro atoms. The average molecular weight is 463 g/mol. The second-order valence-electron chi connectivity index (χ2n) is 7.59. The zero-order valence-electron chi connectivity index (χ0n) is 18.7. The van der Waals surface area contributed by atoms with E-state index in [4.69, 9.17) is 14.2 Å². The lowest BCUT2D eigenvalue weighted by Crippen LogP contribution is -2.40. The maximum Gasteiger partial charge on any atom is 0.260 e. The number of sulfonamides is 1. The van der Waals surface area contributed by atoms with Gasteiger partial charge in [-0.3, -0.25) is 4.79 Å². The molecule has 0 aliphatic carbocycles. The van der Waals surface area contributed by atoms with Gasteiger partial charge in [-0.05, 0) is 62.2 Å². The van der Waals surface area contributed by atoms with Crippen molar-refractivity contribution in [3.05, 3.63) is 53.6 Å². The number of morpholine rings is 1. The van der Waals surface area contributed by atoms with Crippen LogP contribution in [0.4, 0.5) is 0 Å². The normalized spacial score (nSPS) is 15.7. The van der Waals surface area contributed by atoms with Crippen molar-refractivity contribution in [2.75, 3.05) is 39.5 Å². The van der Waals surface area contributed by atoms with Gasteiger partial charge in [-0.15, -0.1) is 0 Å². The molecule has 1 aliphatic heterocycles. The quantitative estimate of drug-likeness (QED) is 0.575. The molecule has 1 saturated heterocycles. The molecule has 1 atom stereocenters. The number of ether oxygens (including phenoxy) is 3. The molecule has 1 amide bonds. The van der Waals surface area contributed by atoms with E-state index in [0.717, 1.165) is 11.1 Å². The first kappa shape index (κ1) is 24.0. The van der Waals surface area contributed by atoms with Crippen molar-refractivity contribution in [2.24, 2.45) is 0 Å². The second kappa shape index (κ2) is 10.8. The van der Waals surface area contributed by atoms with Crippen molar-refractivity contribution in [1.82, 2.24) is 9.62 Å². The number of nitrogens with one attached hydrogen (secondary N) is 1. The first-order chi connectivity index (χ1) is 15.3. The van der Waals surface area contributed by atoms with E-state index in [1.54, 1.807) is 19.1 Å². The van der Waals surface area contributed by atoms with Crippen LogP contribution in [0.1, 0.15) is 18.1 Å². The zero-order valence-corrected chi connectivity index (χ0v) is 19.5. The lowest BCUT2D eigenvalue weighted by molar-refractivity contribution is -0.127. The molecule has 1 N–H and O–H groups in total. The van der Waals surface area contributed by atoms with Crippen molar-refractivity contribution in [3.8, 4) is 11.5 Å². The molecule has 0 radical (unpaired) electrons. The SMILES string of the molecule is Cc1cccc(O[C@@H](C)C(=O)NCCOc2ccc(S(=O)(=O)N3CCOCC3)cc2)c1C. The Balaban J connectivity index is 1.44. The van der Waals surface area contributed by atoms with Crippen molar-refractivity contribution in [1.29, 1.82) is 0 Å². The van der Waals surface area contributed by atoms with E-state index < -0.39 is 16.1 Å². The van der Waals surface area contributed by atoms with Crippen LogP contribution in [0.2, 0.25) is 0 Å². The number of amides is 1. The predicted octanol–water partition coefficient (Wildman–Crippen LogP) is 2.29. The highest BCUT2D eigenvalue weighted by molar-refractivity contribution is 7.89. The minimum absolute atomic E-state index is 0.220. The van der Waals surface area contributed by atoms with Gasteiger partial charge in [0.25, 0.3) is 5.91 Å². The summed E-state index contributed by atoms with van der Waals surface area (Å²) < 4.78 is 43.3. The summed E-state index contributed by atoms with van der Waals surface area (Å²) in [5.74, 6) is 0.984. The van der Waals surface area contributed by atoms with Crippen molar-refractivity contribution in [2.45, 2.75) is 31.8 Å². The first-order valence-corrected chi connectivity index (χ1v) is 12.0. The Morgan fingerprint density at radius 1 is 1.12 bits per heavy atom. The molecule has 8 nitrogen and oxygen atoms in total. The van der Waals surface area contributed by atoms with E-state index in [1.165, 1.54) is 16.4 Å². The molecule has 1 aliphatic rings. The van der Waals surface area contributed by atoms with E-state index in [2.05, 4.69) is 5.32 Å². The first-order valence-electron chi connectivity index (χ1n) is 10.6. The Hall–Kier alpha value is -2.62. The molecule has 32 heavy (non-hydrogen) atoms. The lowest BCUT2D eigenvalue weighted by atomic mass is 10.1. The van der Waals surface area contributed by atoms with Gasteiger partial charge in [0.05, 0.1) is 24.7 Å². The van der Waals surface area contributed by atoms with Gasteiger partial charge in [-0.1, -0.05) is 12.1 Å². The summed E-state index contributed by atoms with van der Waals surface area (Å²) in [4.78, 5) is 12.5. The van der Waals surface area contributed by atoms with Gasteiger partial charge in [0.15, 0.2) is 6.10 Å². The van der Waals surface area contributed by atoms with Crippen molar-refractivity contribution < 1.29 is 27.4 Å². The van der Waals surface area contributed by atoms with Crippen molar-refractivity contribution in [3.63, 3.8) is 0 Å². The summed E-state index contributed by atoms with van der Waals surface area (Å²) in [7, 11) is -3.53. The Labute approximate surface area is 189 Å². The maximum absolute atomic E-state index is 12.6. The fourth-order valence-electron chi connectivity index (χ4n) is 3.23. The predicted molar refractivity (Wildman–Crippen MR) is 121 cm³/mol. The van der Waals surface area contributed by atoms with Gasteiger partial charge in [-0.25, -0.2) is 8.42 Å². The molecule has 2 aromatic carbocycles. The maximum atomic E-state index is 12.6. The largest absolute Gasteiger partial charge is 0.492 e. The van der Waals surface area contributed by atoms with Gasteiger partial charge in [0.2, 0.25) is 10.0 Å². The van der Waals surface area contributed by atoms with Gasteiger partial charge in [-0.2, -0.15) is 4.31 Å². The molecule has 9 heteroatoms. The van der Waals surface area contributed by atoms with Gasteiger partial charge < -0.3 is 19.5 Å². The summed E-state index contributed by atoms with van der Waals surface area (Å²) in [6.45, 7) is 7.71. The minimum atomic E-state index is -3.53. The van der Waals surface area contributed by atoms with Gasteiger partial charge in [0, 0.05) is 13.1 Å². The van der Waals surface area contributed by atoms with Crippen LogP contribution in [-0.2, 0) is 19.6 Å². The molecule has 0 aromatic heterocycles. The topological polar surface area (TPSA) is 94.2 Å². The summed E-state index contributed by atoms with van der Waals surface area (Å²) in [5.41, 5.74) is 2.11. The zero-order chi connectivity index (χ0) is 23.1. The Morgan fingerprint density at radius 3 is 2.50 bits per heavy atom. The Bertz CT molecular complexity index is 1020. The molecule has 2 aromatic rings. The van der Waals surface area contributed by atoms with Crippen LogP contribution >= 0.6 is 0 Å². The fraction of sp³-hybridized carbons (Fsp3) is 0.435. The highest BCUT2D eigenvalue weighted by Gasteiger charge is 2.26.